The van der Waals surface area contributed by atoms with Crippen molar-refractivity contribution < 1.29 is 9.53 Å². The fourth-order valence-corrected chi connectivity index (χ4v) is 3.60. The number of carbonyl (C=O) groups is 1. The van der Waals surface area contributed by atoms with Gasteiger partial charge in [0.25, 0.3) is 5.13 Å². The smallest absolute Gasteiger partial charge is 0.415 e. The van der Waals surface area contributed by atoms with Crippen molar-refractivity contribution in [2.24, 2.45) is 10.2 Å². The summed E-state index contributed by atoms with van der Waals surface area (Å²) in [5, 5.41) is 24.1. The van der Waals surface area contributed by atoms with E-state index < -0.39 is 6.09 Å². The molecule has 0 aliphatic carbocycles. The van der Waals surface area contributed by atoms with E-state index in [9.17, 15) is 4.79 Å². The first-order valence-corrected chi connectivity index (χ1v) is 9.57. The van der Waals surface area contributed by atoms with E-state index in [-0.39, 0.29) is 12.4 Å². The van der Waals surface area contributed by atoms with Crippen molar-refractivity contribution in [3.05, 3.63) is 5.82 Å². The molecule has 0 aliphatic rings. The number of fused-ring (bicyclic) bond motifs is 1. The standard InChI is InChI=1S/C13H17N9O2S2/c1-5-24-13(23)21(4)10-8(9-14-7(3)19-22(9)20-10)15-16-11-17-18-12(26-11)25-6-2/h5-6H2,1-4H3,(H,14,19). The summed E-state index contributed by atoms with van der Waals surface area (Å²) in [6.45, 7) is 5.82. The number of thioether (sulfide) groups is 1. The van der Waals surface area contributed by atoms with Crippen LogP contribution in [0.2, 0.25) is 0 Å². The van der Waals surface area contributed by atoms with E-state index in [0.717, 1.165) is 10.1 Å². The first kappa shape index (κ1) is 18.3. The van der Waals surface area contributed by atoms with Crippen LogP contribution in [-0.2, 0) is 4.74 Å². The summed E-state index contributed by atoms with van der Waals surface area (Å²) in [5.74, 6) is 1.84. The van der Waals surface area contributed by atoms with Crippen LogP contribution in [0, 0.1) is 6.92 Å². The Bertz CT molecular complexity index is 945. The average molecular weight is 395 g/mol. The van der Waals surface area contributed by atoms with Crippen molar-refractivity contribution in [3.63, 3.8) is 0 Å². The van der Waals surface area contributed by atoms with Crippen LogP contribution < -0.4 is 4.90 Å². The van der Waals surface area contributed by atoms with Crippen molar-refractivity contribution >= 4 is 51.5 Å². The quantitative estimate of drug-likeness (QED) is 0.501. The molecule has 0 bridgehead atoms. The van der Waals surface area contributed by atoms with Crippen molar-refractivity contribution in [1.29, 1.82) is 0 Å². The summed E-state index contributed by atoms with van der Waals surface area (Å²) in [5.41, 5.74) is 0.787. The summed E-state index contributed by atoms with van der Waals surface area (Å²) in [6.07, 6.45) is -0.543. The second-order valence-electron chi connectivity index (χ2n) is 4.96. The van der Waals surface area contributed by atoms with Crippen LogP contribution in [0.5, 0.6) is 0 Å². The molecule has 0 saturated carbocycles. The largest absolute Gasteiger partial charge is 0.449 e. The van der Waals surface area contributed by atoms with E-state index in [1.165, 1.54) is 20.9 Å². The highest BCUT2D eigenvalue weighted by atomic mass is 32.2. The molecule has 3 aromatic heterocycles. The number of nitrogens with zero attached hydrogens (tertiary/aromatic N) is 8. The van der Waals surface area contributed by atoms with Gasteiger partial charge in [-0.3, -0.25) is 10.00 Å². The van der Waals surface area contributed by atoms with Crippen molar-refractivity contribution in [3.8, 4) is 0 Å². The van der Waals surface area contributed by atoms with Gasteiger partial charge in [-0.2, -0.15) is 0 Å². The van der Waals surface area contributed by atoms with E-state index in [0.29, 0.717) is 22.3 Å². The van der Waals surface area contributed by atoms with Gasteiger partial charge in [0, 0.05) is 7.05 Å². The molecular formula is C13H17N9O2S2. The molecule has 0 saturated heterocycles. The second kappa shape index (κ2) is 7.78. The fraction of sp³-hybridized carbons (Fsp3) is 0.462. The summed E-state index contributed by atoms with van der Waals surface area (Å²) in [6, 6.07) is 0. The van der Waals surface area contributed by atoms with Gasteiger partial charge < -0.3 is 4.74 Å². The van der Waals surface area contributed by atoms with E-state index >= 15 is 0 Å². The van der Waals surface area contributed by atoms with Crippen LogP contribution >= 0.6 is 23.1 Å². The highest BCUT2D eigenvalue weighted by Gasteiger charge is 2.24. The number of ether oxygens (including phenoxy) is 1. The SMILES string of the molecule is CCOC(=O)N(C)c1nn2[nH]c(C)nc2c1N=Nc1nnc(SCC)s1. The molecule has 0 radical (unpaired) electrons. The molecule has 0 fully saturated rings. The van der Waals surface area contributed by atoms with Crippen LogP contribution in [0.3, 0.4) is 0 Å². The van der Waals surface area contributed by atoms with Crippen LogP contribution in [-0.4, -0.2) is 55.5 Å². The number of aromatic amines is 1. The number of rotatable bonds is 6. The third-order valence-corrected chi connectivity index (χ3v) is 4.94. The molecule has 0 unspecified atom stereocenters. The molecule has 3 heterocycles. The minimum absolute atomic E-state index is 0.256. The van der Waals surface area contributed by atoms with Gasteiger partial charge in [0.1, 0.15) is 5.82 Å². The Labute approximate surface area is 156 Å². The Morgan fingerprint density at radius 1 is 1.38 bits per heavy atom. The zero-order valence-corrected chi connectivity index (χ0v) is 16.3. The maximum Gasteiger partial charge on any atom is 0.415 e. The zero-order valence-electron chi connectivity index (χ0n) is 14.6. The Kier molecular flexibility index (Phi) is 5.46. The normalized spacial score (nSPS) is 11.5. The molecule has 0 aliphatic heterocycles. The Hall–Kier alpha value is -2.54. The van der Waals surface area contributed by atoms with E-state index in [1.54, 1.807) is 32.7 Å². The molecule has 1 N–H and O–H groups in total. The lowest BCUT2D eigenvalue weighted by Gasteiger charge is -2.13. The molecule has 11 nitrogen and oxygen atoms in total. The molecule has 13 heteroatoms. The molecular weight excluding hydrogens is 378 g/mol. The minimum atomic E-state index is -0.543. The number of carbonyl (C=O) groups excluding carboxylic acids is 1. The third kappa shape index (κ3) is 3.67. The Balaban J connectivity index is 1.97. The molecule has 1 amide bonds. The summed E-state index contributed by atoms with van der Waals surface area (Å²) < 4.78 is 7.27. The molecule has 3 aromatic rings. The highest BCUT2D eigenvalue weighted by molar-refractivity contribution is 8.01. The zero-order chi connectivity index (χ0) is 18.7. The third-order valence-electron chi connectivity index (χ3n) is 3.12. The fourth-order valence-electron chi connectivity index (χ4n) is 2.04. The Morgan fingerprint density at radius 3 is 2.92 bits per heavy atom. The summed E-state index contributed by atoms with van der Waals surface area (Å²) in [7, 11) is 1.55. The number of aromatic nitrogens is 6. The molecule has 0 aromatic carbocycles. The number of nitrogens with one attached hydrogen (secondary N) is 1. The van der Waals surface area contributed by atoms with Gasteiger partial charge in [-0.15, -0.1) is 30.2 Å². The number of amides is 1. The minimum Gasteiger partial charge on any atom is -0.449 e. The van der Waals surface area contributed by atoms with Gasteiger partial charge in [0.2, 0.25) is 5.65 Å². The monoisotopic (exact) mass is 395 g/mol. The van der Waals surface area contributed by atoms with Gasteiger partial charge in [0.05, 0.1) is 6.61 Å². The highest BCUT2D eigenvalue weighted by Crippen LogP contribution is 2.34. The van der Waals surface area contributed by atoms with E-state index in [1.807, 2.05) is 6.92 Å². The summed E-state index contributed by atoms with van der Waals surface area (Å²) >= 11 is 2.92. The van der Waals surface area contributed by atoms with Crippen LogP contribution in [0.25, 0.3) is 5.65 Å². The van der Waals surface area contributed by atoms with Gasteiger partial charge in [-0.25, -0.2) is 9.78 Å². The summed E-state index contributed by atoms with van der Waals surface area (Å²) in [4.78, 5) is 17.6. The molecule has 3 rings (SSSR count). The molecule has 138 valence electrons. The average Bonchev–Trinajstić information content (AvgIpc) is 3.27. The van der Waals surface area contributed by atoms with Crippen molar-refractivity contribution in [1.82, 2.24) is 30.0 Å². The van der Waals surface area contributed by atoms with E-state index in [2.05, 4.69) is 35.6 Å². The van der Waals surface area contributed by atoms with Crippen LogP contribution in [0.15, 0.2) is 14.6 Å². The topological polar surface area (TPSA) is 126 Å². The number of azo groups is 1. The van der Waals surface area contributed by atoms with Crippen LogP contribution in [0.1, 0.15) is 19.7 Å². The predicted molar refractivity (Wildman–Crippen MR) is 98.0 cm³/mol. The predicted octanol–water partition coefficient (Wildman–Crippen LogP) is 3.34. The number of H-pyrrole nitrogens is 1. The lowest BCUT2D eigenvalue weighted by Crippen LogP contribution is -2.27. The van der Waals surface area contributed by atoms with Gasteiger partial charge in [-0.05, 0) is 19.6 Å². The molecule has 26 heavy (non-hydrogen) atoms. The maximum absolute atomic E-state index is 12.0. The van der Waals surface area contributed by atoms with Gasteiger partial charge >= 0.3 is 6.09 Å². The second-order valence-corrected chi connectivity index (χ2v) is 7.43. The van der Waals surface area contributed by atoms with Crippen molar-refractivity contribution in [2.45, 2.75) is 25.1 Å². The number of aryl methyl sites for hydroxylation is 1. The first-order valence-electron chi connectivity index (χ1n) is 7.77. The Morgan fingerprint density at radius 2 is 2.19 bits per heavy atom. The molecule has 0 atom stereocenters. The lowest BCUT2D eigenvalue weighted by atomic mass is 10.4. The van der Waals surface area contributed by atoms with Crippen molar-refractivity contribution in [2.75, 3.05) is 24.3 Å². The number of hydrogen-bond donors (Lipinski definition) is 1. The van der Waals surface area contributed by atoms with E-state index in [4.69, 9.17) is 4.74 Å². The lowest BCUT2D eigenvalue weighted by molar-refractivity contribution is 0.161. The maximum atomic E-state index is 12.0. The molecule has 0 spiro atoms. The first-order chi connectivity index (χ1) is 12.5. The number of anilines is 1. The number of hydrogen-bond acceptors (Lipinski definition) is 10. The van der Waals surface area contributed by atoms with Crippen LogP contribution in [0.4, 0.5) is 21.4 Å². The van der Waals surface area contributed by atoms with Gasteiger partial charge in [-0.1, -0.05) is 30.0 Å². The van der Waals surface area contributed by atoms with Gasteiger partial charge in [0.15, 0.2) is 15.8 Å².